The third kappa shape index (κ3) is 4.58. The Balaban J connectivity index is 2.80. The Kier molecular flexibility index (Phi) is 5.18. The van der Waals surface area contributed by atoms with Crippen molar-refractivity contribution in [1.29, 1.82) is 0 Å². The van der Waals surface area contributed by atoms with Crippen LogP contribution in [0.15, 0.2) is 23.2 Å². The van der Waals surface area contributed by atoms with Crippen LogP contribution in [-0.4, -0.2) is 12.5 Å². The van der Waals surface area contributed by atoms with Gasteiger partial charge in [0.05, 0.1) is 5.69 Å². The second-order valence-electron chi connectivity index (χ2n) is 3.98. The Labute approximate surface area is 105 Å². The molecule has 6 heteroatoms. The fourth-order valence-corrected chi connectivity index (χ4v) is 1.29. The molecular weight excluding hydrogens is 243 g/mol. The summed E-state index contributed by atoms with van der Waals surface area (Å²) in [6.45, 7) is 4.64. The Bertz CT molecular complexity index is 406. The second kappa shape index (κ2) is 6.42. The monoisotopic (exact) mass is 258 g/mol. The fourth-order valence-electron chi connectivity index (χ4n) is 1.12. The lowest BCUT2D eigenvalue weighted by Crippen LogP contribution is -2.36. The summed E-state index contributed by atoms with van der Waals surface area (Å²) in [7, 11) is 0. The average molecular weight is 259 g/mol. The molecule has 0 spiro atoms. The third-order valence-electron chi connectivity index (χ3n) is 1.93. The molecule has 4 nitrogen and oxygen atoms in total. The number of nitrogens with two attached hydrogens (primary N) is 1. The fraction of sp³-hybridized carbons (Fsp3) is 0.364. The van der Waals surface area contributed by atoms with E-state index in [4.69, 9.17) is 17.4 Å². The predicted molar refractivity (Wildman–Crippen MR) is 69.5 cm³/mol. The van der Waals surface area contributed by atoms with E-state index in [1.165, 1.54) is 18.2 Å². The molecule has 0 unspecified atom stereocenters. The van der Waals surface area contributed by atoms with Gasteiger partial charge in [-0.3, -0.25) is 10.4 Å². The number of anilines is 1. The van der Waals surface area contributed by atoms with Gasteiger partial charge in [0.25, 0.3) is 0 Å². The first-order chi connectivity index (χ1) is 8.02. The summed E-state index contributed by atoms with van der Waals surface area (Å²) in [5, 5.41) is 3.19. The molecule has 0 aromatic heterocycles. The van der Waals surface area contributed by atoms with Crippen molar-refractivity contribution >= 4 is 23.2 Å². The maximum Gasteiger partial charge on any atom is 0.210 e. The number of guanidine groups is 1. The minimum absolute atomic E-state index is 0.234. The molecule has 4 N–H and O–H groups in total. The average Bonchev–Trinajstić information content (AvgIpc) is 2.28. The van der Waals surface area contributed by atoms with Crippen LogP contribution in [0.5, 0.6) is 0 Å². The Morgan fingerprint density at radius 3 is 2.82 bits per heavy atom. The summed E-state index contributed by atoms with van der Waals surface area (Å²) in [5.41, 5.74) is 2.62. The smallest absolute Gasteiger partial charge is 0.210 e. The molecule has 17 heavy (non-hydrogen) atoms. The first-order valence-corrected chi connectivity index (χ1v) is 5.64. The van der Waals surface area contributed by atoms with E-state index in [0.29, 0.717) is 23.4 Å². The lowest BCUT2D eigenvalue weighted by Gasteiger charge is -2.11. The number of aliphatic imine (C=N–C) groups is 1. The van der Waals surface area contributed by atoms with Crippen molar-refractivity contribution in [2.75, 3.05) is 11.9 Å². The molecule has 0 saturated carbocycles. The number of nitrogens with zero attached hydrogens (tertiary/aromatic N) is 1. The summed E-state index contributed by atoms with van der Waals surface area (Å²) in [4.78, 5) is 4.17. The zero-order valence-electron chi connectivity index (χ0n) is 9.80. The van der Waals surface area contributed by atoms with Crippen LogP contribution < -0.4 is 16.6 Å². The molecule has 0 aliphatic heterocycles. The molecule has 0 aliphatic rings. The number of hydrazine groups is 1. The predicted octanol–water partition coefficient (Wildman–Crippen LogP) is 2.37. The first-order valence-electron chi connectivity index (χ1n) is 5.26. The lowest BCUT2D eigenvalue weighted by molar-refractivity contribution is 0.631. The molecule has 94 valence electrons. The van der Waals surface area contributed by atoms with E-state index in [9.17, 15) is 4.39 Å². The van der Waals surface area contributed by atoms with E-state index < -0.39 is 5.82 Å². The second-order valence-corrected chi connectivity index (χ2v) is 4.41. The summed E-state index contributed by atoms with van der Waals surface area (Å²) < 4.78 is 13.4. The Hall–Kier alpha value is -1.33. The molecule has 0 amide bonds. The molecule has 1 aromatic carbocycles. The summed E-state index contributed by atoms with van der Waals surface area (Å²) >= 11 is 5.77. The lowest BCUT2D eigenvalue weighted by atomic mass is 10.2. The highest BCUT2D eigenvalue weighted by atomic mass is 35.5. The molecule has 0 saturated heterocycles. The van der Waals surface area contributed by atoms with Crippen LogP contribution in [-0.2, 0) is 0 Å². The molecule has 1 rings (SSSR count). The molecule has 0 radical (unpaired) electrons. The van der Waals surface area contributed by atoms with Crippen LogP contribution in [0, 0.1) is 11.7 Å². The van der Waals surface area contributed by atoms with Gasteiger partial charge in [-0.25, -0.2) is 10.2 Å². The van der Waals surface area contributed by atoms with Crippen molar-refractivity contribution < 1.29 is 4.39 Å². The van der Waals surface area contributed by atoms with Gasteiger partial charge in [-0.2, -0.15) is 0 Å². The van der Waals surface area contributed by atoms with Gasteiger partial charge in [-0.15, -0.1) is 0 Å². The molecule has 1 aromatic rings. The number of rotatable bonds is 3. The maximum absolute atomic E-state index is 13.4. The summed E-state index contributed by atoms with van der Waals surface area (Å²) in [6.07, 6.45) is 0. The zero-order valence-corrected chi connectivity index (χ0v) is 10.6. The number of halogens is 2. The first kappa shape index (κ1) is 13.7. The van der Waals surface area contributed by atoms with Gasteiger partial charge in [0.15, 0.2) is 0 Å². The van der Waals surface area contributed by atoms with Crippen molar-refractivity contribution in [3.63, 3.8) is 0 Å². The molecule has 0 fully saturated rings. The highest BCUT2D eigenvalue weighted by molar-refractivity contribution is 6.30. The number of benzene rings is 1. The molecule has 0 heterocycles. The quantitative estimate of drug-likeness (QED) is 0.338. The normalized spacial score (nSPS) is 11.8. The van der Waals surface area contributed by atoms with Gasteiger partial charge < -0.3 is 5.32 Å². The summed E-state index contributed by atoms with van der Waals surface area (Å²) in [6, 6.07) is 4.23. The van der Waals surface area contributed by atoms with Crippen LogP contribution in [0.4, 0.5) is 10.1 Å². The Morgan fingerprint density at radius 1 is 1.53 bits per heavy atom. The van der Waals surface area contributed by atoms with E-state index in [1.54, 1.807) is 0 Å². The van der Waals surface area contributed by atoms with E-state index >= 15 is 0 Å². The van der Waals surface area contributed by atoms with Crippen LogP contribution in [0.1, 0.15) is 13.8 Å². The van der Waals surface area contributed by atoms with E-state index in [0.717, 1.165) is 0 Å². The molecule has 0 atom stereocenters. The highest BCUT2D eigenvalue weighted by Crippen LogP contribution is 2.19. The van der Waals surface area contributed by atoms with Crippen molar-refractivity contribution in [3.8, 4) is 0 Å². The molecular formula is C11H16ClFN4. The molecule has 0 bridgehead atoms. The van der Waals surface area contributed by atoms with Crippen LogP contribution in [0.3, 0.4) is 0 Å². The standard InChI is InChI=1S/C11H16ClFN4/c1-7(2)6-15-11(17-14)16-10-5-8(12)3-4-9(10)13/h3-5,7H,6,14H2,1-2H3,(H2,15,16,17). The van der Waals surface area contributed by atoms with Crippen LogP contribution in [0.25, 0.3) is 0 Å². The van der Waals surface area contributed by atoms with Gasteiger partial charge in [0.2, 0.25) is 5.96 Å². The Morgan fingerprint density at radius 2 is 2.24 bits per heavy atom. The topological polar surface area (TPSA) is 62.4 Å². The minimum atomic E-state index is -0.415. The SMILES string of the molecule is CC(C)CN=C(NN)Nc1cc(Cl)ccc1F. The number of hydrogen-bond donors (Lipinski definition) is 3. The van der Waals surface area contributed by atoms with E-state index in [2.05, 4.69) is 15.7 Å². The minimum Gasteiger partial charge on any atom is -0.323 e. The van der Waals surface area contributed by atoms with Crippen LogP contribution >= 0.6 is 11.6 Å². The van der Waals surface area contributed by atoms with Crippen molar-refractivity contribution in [2.45, 2.75) is 13.8 Å². The number of hydrogen-bond acceptors (Lipinski definition) is 2. The van der Waals surface area contributed by atoms with E-state index in [-0.39, 0.29) is 5.69 Å². The zero-order chi connectivity index (χ0) is 12.8. The van der Waals surface area contributed by atoms with Crippen molar-refractivity contribution in [2.24, 2.45) is 16.8 Å². The van der Waals surface area contributed by atoms with Gasteiger partial charge >= 0.3 is 0 Å². The largest absolute Gasteiger partial charge is 0.323 e. The third-order valence-corrected chi connectivity index (χ3v) is 2.17. The van der Waals surface area contributed by atoms with Gasteiger partial charge in [-0.1, -0.05) is 25.4 Å². The highest BCUT2D eigenvalue weighted by Gasteiger charge is 2.05. The van der Waals surface area contributed by atoms with Crippen molar-refractivity contribution in [1.82, 2.24) is 5.43 Å². The van der Waals surface area contributed by atoms with Crippen LogP contribution in [0.2, 0.25) is 5.02 Å². The van der Waals surface area contributed by atoms with E-state index in [1.807, 2.05) is 13.8 Å². The van der Waals surface area contributed by atoms with Gasteiger partial charge in [0.1, 0.15) is 5.82 Å². The number of nitrogens with one attached hydrogen (secondary N) is 2. The molecule has 0 aliphatic carbocycles. The van der Waals surface area contributed by atoms with Crippen molar-refractivity contribution in [3.05, 3.63) is 29.0 Å². The van der Waals surface area contributed by atoms with Gasteiger partial charge in [0, 0.05) is 11.6 Å². The van der Waals surface area contributed by atoms with Gasteiger partial charge in [-0.05, 0) is 24.1 Å². The summed E-state index contributed by atoms with van der Waals surface area (Å²) in [5.74, 6) is 5.58. The maximum atomic E-state index is 13.4.